The molecule has 1 amide bonds. The Bertz CT molecular complexity index is 413. The molecule has 0 saturated carbocycles. The lowest BCUT2D eigenvalue weighted by atomic mass is 10.1. The zero-order valence-electron chi connectivity index (χ0n) is 16.4. The largest absolute Gasteiger partial charge is 0.444 e. The van der Waals surface area contributed by atoms with Crippen molar-refractivity contribution in [3.63, 3.8) is 0 Å². The van der Waals surface area contributed by atoms with Crippen molar-refractivity contribution in [2.45, 2.75) is 84.3 Å². The highest BCUT2D eigenvalue weighted by Crippen LogP contribution is 2.36. The minimum absolute atomic E-state index is 0.133. The van der Waals surface area contributed by atoms with E-state index < -0.39 is 13.9 Å². The van der Waals surface area contributed by atoms with E-state index in [2.05, 4.69) is 39.2 Å². The van der Waals surface area contributed by atoms with Crippen LogP contribution >= 0.6 is 0 Å². The van der Waals surface area contributed by atoms with Gasteiger partial charge in [0, 0.05) is 25.2 Å². The standard InChI is InChI=1S/C17H36N2O3Si/c1-13-10-18-14(12-21-23(8,9)17(5,6)7)11-19(13)15(20)22-16(2,3)4/h13-14,18H,10-12H2,1-9H3/t13-,14+/m1/s1. The average Bonchev–Trinajstić information content (AvgIpc) is 2.34. The van der Waals surface area contributed by atoms with Crippen LogP contribution in [0, 0.1) is 0 Å². The Morgan fingerprint density at radius 1 is 1.22 bits per heavy atom. The third-order valence-corrected chi connectivity index (χ3v) is 9.23. The number of rotatable bonds is 3. The second kappa shape index (κ2) is 7.11. The van der Waals surface area contributed by atoms with Crippen molar-refractivity contribution >= 4 is 14.4 Å². The SMILES string of the molecule is C[C@@H]1CN[C@H](CO[Si](C)(C)C(C)(C)C)CN1C(=O)OC(C)(C)C. The fourth-order valence-corrected chi connectivity index (χ4v) is 3.19. The van der Waals surface area contributed by atoms with Gasteiger partial charge in [-0.3, -0.25) is 0 Å². The predicted molar refractivity (Wildman–Crippen MR) is 97.3 cm³/mol. The summed E-state index contributed by atoms with van der Waals surface area (Å²) >= 11 is 0. The molecule has 2 atom stereocenters. The zero-order chi connectivity index (χ0) is 18.1. The summed E-state index contributed by atoms with van der Waals surface area (Å²) in [6, 6.07) is 0.293. The molecule has 0 radical (unpaired) electrons. The number of hydrogen-bond donors (Lipinski definition) is 1. The van der Waals surface area contributed by atoms with Gasteiger partial charge in [-0.05, 0) is 45.8 Å². The summed E-state index contributed by atoms with van der Waals surface area (Å²) in [6.45, 7) is 21.0. The van der Waals surface area contributed by atoms with Crippen molar-refractivity contribution in [3.8, 4) is 0 Å². The van der Waals surface area contributed by atoms with Crippen LogP contribution in [0.3, 0.4) is 0 Å². The molecule has 0 aromatic heterocycles. The molecule has 0 aromatic rings. The Kier molecular flexibility index (Phi) is 6.32. The van der Waals surface area contributed by atoms with Crippen LogP contribution < -0.4 is 5.32 Å². The van der Waals surface area contributed by atoms with Gasteiger partial charge < -0.3 is 19.4 Å². The van der Waals surface area contributed by atoms with Crippen LogP contribution in [0.2, 0.25) is 18.1 Å². The van der Waals surface area contributed by atoms with E-state index in [0.717, 1.165) is 6.54 Å². The quantitative estimate of drug-likeness (QED) is 0.795. The van der Waals surface area contributed by atoms with E-state index in [-0.39, 0.29) is 23.2 Å². The number of amides is 1. The van der Waals surface area contributed by atoms with Gasteiger partial charge >= 0.3 is 6.09 Å². The molecule has 0 spiro atoms. The molecule has 0 aromatic carbocycles. The summed E-state index contributed by atoms with van der Waals surface area (Å²) in [5, 5.41) is 3.68. The summed E-state index contributed by atoms with van der Waals surface area (Å²) in [5.41, 5.74) is -0.463. The van der Waals surface area contributed by atoms with E-state index in [9.17, 15) is 4.79 Å². The van der Waals surface area contributed by atoms with Gasteiger partial charge in [0.2, 0.25) is 0 Å². The van der Waals surface area contributed by atoms with E-state index >= 15 is 0 Å². The Morgan fingerprint density at radius 2 is 1.78 bits per heavy atom. The van der Waals surface area contributed by atoms with Crippen LogP contribution in [0.5, 0.6) is 0 Å². The van der Waals surface area contributed by atoms with Crippen molar-refractivity contribution in [3.05, 3.63) is 0 Å². The van der Waals surface area contributed by atoms with E-state index in [1.165, 1.54) is 0 Å². The zero-order valence-corrected chi connectivity index (χ0v) is 17.4. The second-order valence-electron chi connectivity index (χ2n) is 9.16. The second-order valence-corrected chi connectivity index (χ2v) is 14.0. The molecular formula is C17H36N2O3Si. The van der Waals surface area contributed by atoms with Crippen LogP contribution in [0.25, 0.3) is 0 Å². The lowest BCUT2D eigenvalue weighted by molar-refractivity contribution is 0.00717. The number of ether oxygens (including phenoxy) is 1. The lowest BCUT2D eigenvalue weighted by Crippen LogP contribution is -2.60. The molecular weight excluding hydrogens is 308 g/mol. The number of piperazine rings is 1. The normalized spacial score (nSPS) is 23.8. The number of nitrogens with one attached hydrogen (secondary N) is 1. The number of carbonyl (C=O) groups excluding carboxylic acids is 1. The maximum atomic E-state index is 12.4. The molecule has 0 bridgehead atoms. The summed E-state index contributed by atoms with van der Waals surface area (Å²) < 4.78 is 11.8. The Balaban J connectivity index is 2.62. The van der Waals surface area contributed by atoms with Gasteiger partial charge in [-0.25, -0.2) is 4.79 Å². The van der Waals surface area contributed by atoms with Gasteiger partial charge in [0.1, 0.15) is 5.60 Å². The molecule has 5 nitrogen and oxygen atoms in total. The third kappa shape index (κ3) is 6.08. The molecule has 6 heteroatoms. The van der Waals surface area contributed by atoms with Gasteiger partial charge in [0.15, 0.2) is 8.32 Å². The highest BCUT2D eigenvalue weighted by Gasteiger charge is 2.39. The van der Waals surface area contributed by atoms with E-state index in [1.807, 2.05) is 32.6 Å². The highest BCUT2D eigenvalue weighted by atomic mass is 28.4. The van der Waals surface area contributed by atoms with Gasteiger partial charge in [-0.15, -0.1) is 0 Å². The van der Waals surface area contributed by atoms with E-state index in [0.29, 0.717) is 13.2 Å². The fraction of sp³-hybridized carbons (Fsp3) is 0.941. The maximum Gasteiger partial charge on any atom is 0.410 e. The molecule has 136 valence electrons. The number of nitrogens with zero attached hydrogens (tertiary/aromatic N) is 1. The predicted octanol–water partition coefficient (Wildman–Crippen LogP) is 3.61. The average molecular weight is 345 g/mol. The molecule has 0 unspecified atom stereocenters. The lowest BCUT2D eigenvalue weighted by Gasteiger charge is -2.42. The Morgan fingerprint density at radius 3 is 2.26 bits per heavy atom. The highest BCUT2D eigenvalue weighted by molar-refractivity contribution is 6.74. The van der Waals surface area contributed by atoms with Crippen molar-refractivity contribution in [2.75, 3.05) is 19.7 Å². The summed E-state index contributed by atoms with van der Waals surface area (Å²) in [5.74, 6) is 0. The van der Waals surface area contributed by atoms with E-state index in [1.54, 1.807) is 0 Å². The molecule has 0 aliphatic carbocycles. The first-order valence-electron chi connectivity index (χ1n) is 8.60. The van der Waals surface area contributed by atoms with Crippen LogP contribution in [-0.2, 0) is 9.16 Å². The van der Waals surface area contributed by atoms with Crippen LogP contribution in [0.4, 0.5) is 4.79 Å². The van der Waals surface area contributed by atoms with Gasteiger partial charge in [-0.2, -0.15) is 0 Å². The summed E-state index contributed by atoms with van der Waals surface area (Å²) in [6.07, 6.45) is -0.233. The molecule has 1 aliphatic heterocycles. The maximum absolute atomic E-state index is 12.4. The van der Waals surface area contributed by atoms with Crippen molar-refractivity contribution in [1.29, 1.82) is 0 Å². The smallest absolute Gasteiger partial charge is 0.410 e. The van der Waals surface area contributed by atoms with Crippen molar-refractivity contribution in [1.82, 2.24) is 10.2 Å². The Labute approximate surface area is 143 Å². The number of carbonyl (C=O) groups is 1. The van der Waals surface area contributed by atoms with Gasteiger partial charge in [0.25, 0.3) is 0 Å². The number of hydrogen-bond acceptors (Lipinski definition) is 4. The van der Waals surface area contributed by atoms with E-state index in [4.69, 9.17) is 9.16 Å². The van der Waals surface area contributed by atoms with Crippen molar-refractivity contribution in [2.24, 2.45) is 0 Å². The van der Waals surface area contributed by atoms with Crippen LogP contribution in [0.1, 0.15) is 48.5 Å². The van der Waals surface area contributed by atoms with Gasteiger partial charge in [-0.1, -0.05) is 20.8 Å². The summed E-state index contributed by atoms with van der Waals surface area (Å²) in [4.78, 5) is 14.2. The third-order valence-electron chi connectivity index (χ3n) is 4.73. The molecule has 1 aliphatic rings. The summed E-state index contributed by atoms with van der Waals surface area (Å²) in [7, 11) is -1.77. The van der Waals surface area contributed by atoms with Crippen LogP contribution in [0.15, 0.2) is 0 Å². The van der Waals surface area contributed by atoms with Crippen LogP contribution in [-0.4, -0.2) is 56.7 Å². The minimum atomic E-state index is -1.77. The Hall–Kier alpha value is -0.593. The molecule has 1 N–H and O–H groups in total. The minimum Gasteiger partial charge on any atom is -0.444 e. The first kappa shape index (κ1) is 20.5. The fourth-order valence-electron chi connectivity index (χ4n) is 2.14. The topological polar surface area (TPSA) is 50.8 Å². The van der Waals surface area contributed by atoms with Gasteiger partial charge in [0.05, 0.1) is 6.61 Å². The molecule has 1 heterocycles. The molecule has 1 fully saturated rings. The van der Waals surface area contributed by atoms with Crippen molar-refractivity contribution < 1.29 is 14.0 Å². The first-order valence-corrected chi connectivity index (χ1v) is 11.5. The molecule has 23 heavy (non-hydrogen) atoms. The monoisotopic (exact) mass is 344 g/mol. The molecule has 1 saturated heterocycles. The first-order chi connectivity index (χ1) is 10.2. The molecule has 1 rings (SSSR count).